The number of nitrogens with one attached hydrogen (secondary N) is 1. The topological polar surface area (TPSA) is 60.4 Å². The van der Waals surface area contributed by atoms with Crippen LogP contribution in [0.4, 0.5) is 0 Å². The van der Waals surface area contributed by atoms with Crippen LogP contribution < -0.4 is 5.32 Å². The van der Waals surface area contributed by atoms with Crippen LogP contribution in [-0.4, -0.2) is 97.7 Å². The zero-order chi connectivity index (χ0) is 19.2. The van der Waals surface area contributed by atoms with Gasteiger partial charge in [-0.3, -0.25) is 14.7 Å². The molecular formula is C19H38IN5O2. The number of guanidine groups is 1. The molecule has 7 nitrogen and oxygen atoms in total. The van der Waals surface area contributed by atoms with E-state index in [1.165, 1.54) is 0 Å². The van der Waals surface area contributed by atoms with Crippen molar-refractivity contribution >= 4 is 35.8 Å². The lowest BCUT2D eigenvalue weighted by molar-refractivity contribution is -0.130. The molecule has 0 spiro atoms. The molecule has 2 rings (SSSR count). The minimum absolute atomic E-state index is 0. The van der Waals surface area contributed by atoms with Crippen molar-refractivity contribution in [3.05, 3.63) is 0 Å². The van der Waals surface area contributed by atoms with Crippen LogP contribution in [0.1, 0.15) is 40.5 Å². The van der Waals surface area contributed by atoms with Gasteiger partial charge in [0, 0.05) is 65.4 Å². The Hall–Kier alpha value is -0.610. The molecular weight excluding hydrogens is 457 g/mol. The van der Waals surface area contributed by atoms with Gasteiger partial charge in [-0.05, 0) is 33.6 Å². The van der Waals surface area contributed by atoms with Crippen LogP contribution in [0.15, 0.2) is 4.99 Å². The Kier molecular flexibility index (Phi) is 10.3. The van der Waals surface area contributed by atoms with E-state index in [1.54, 1.807) is 6.92 Å². The summed E-state index contributed by atoms with van der Waals surface area (Å²) in [5.41, 5.74) is 0.0284. The summed E-state index contributed by atoms with van der Waals surface area (Å²) >= 11 is 0. The summed E-state index contributed by atoms with van der Waals surface area (Å²) in [6, 6.07) is 0. The van der Waals surface area contributed by atoms with Gasteiger partial charge in [-0.1, -0.05) is 0 Å². The Morgan fingerprint density at radius 1 is 1.11 bits per heavy atom. The molecule has 0 aromatic heterocycles. The second-order valence-electron chi connectivity index (χ2n) is 7.90. The van der Waals surface area contributed by atoms with E-state index in [9.17, 15) is 4.79 Å². The highest BCUT2D eigenvalue weighted by atomic mass is 127. The zero-order valence-electron chi connectivity index (χ0n) is 17.7. The summed E-state index contributed by atoms with van der Waals surface area (Å²) in [4.78, 5) is 23.2. The van der Waals surface area contributed by atoms with Crippen molar-refractivity contribution in [3.8, 4) is 0 Å². The van der Waals surface area contributed by atoms with E-state index in [1.807, 2.05) is 12.0 Å². The number of piperidine rings is 1. The fourth-order valence-corrected chi connectivity index (χ4v) is 3.72. The number of methoxy groups -OCH3 is 1. The van der Waals surface area contributed by atoms with Gasteiger partial charge in [-0.2, -0.15) is 0 Å². The van der Waals surface area contributed by atoms with Crippen molar-refractivity contribution in [2.24, 2.45) is 4.99 Å². The van der Waals surface area contributed by atoms with Gasteiger partial charge in [-0.25, -0.2) is 0 Å². The first-order valence-corrected chi connectivity index (χ1v) is 9.94. The largest absolute Gasteiger partial charge is 0.381 e. The maximum absolute atomic E-state index is 11.5. The second kappa shape index (κ2) is 11.4. The minimum Gasteiger partial charge on any atom is -0.381 e. The molecule has 0 atom stereocenters. The summed E-state index contributed by atoms with van der Waals surface area (Å²) in [6.45, 7) is 15.3. The number of hydrogen-bond acceptors (Lipinski definition) is 4. The summed E-state index contributed by atoms with van der Waals surface area (Å²) in [7, 11) is 1.81. The number of halogens is 1. The van der Waals surface area contributed by atoms with Gasteiger partial charge in [0.1, 0.15) is 0 Å². The smallest absolute Gasteiger partial charge is 0.219 e. The summed E-state index contributed by atoms with van der Waals surface area (Å²) in [5.74, 6) is 1.13. The van der Waals surface area contributed by atoms with Crippen molar-refractivity contribution in [2.75, 3.05) is 59.5 Å². The third-order valence-electron chi connectivity index (χ3n) is 5.61. The Morgan fingerprint density at radius 3 is 2.15 bits per heavy atom. The van der Waals surface area contributed by atoms with Crippen LogP contribution in [0.2, 0.25) is 0 Å². The molecule has 0 aliphatic carbocycles. The van der Waals surface area contributed by atoms with Gasteiger partial charge in [0.25, 0.3) is 0 Å². The lowest BCUT2D eigenvalue weighted by Crippen LogP contribution is -2.54. The highest BCUT2D eigenvalue weighted by Crippen LogP contribution is 2.22. The van der Waals surface area contributed by atoms with Crippen molar-refractivity contribution < 1.29 is 9.53 Å². The third-order valence-corrected chi connectivity index (χ3v) is 5.61. The monoisotopic (exact) mass is 495 g/mol. The maximum Gasteiger partial charge on any atom is 0.219 e. The molecule has 2 fully saturated rings. The molecule has 0 bridgehead atoms. The van der Waals surface area contributed by atoms with Crippen LogP contribution in [0.25, 0.3) is 0 Å². The Morgan fingerprint density at radius 2 is 1.67 bits per heavy atom. The SMILES string of the molecule is CCNC(=NCC(C)(C)N1CCC(OC)CC1)N1CCN(C(C)=O)CC1.I. The van der Waals surface area contributed by atoms with Crippen LogP contribution in [0.5, 0.6) is 0 Å². The van der Waals surface area contributed by atoms with Crippen LogP contribution >= 0.6 is 24.0 Å². The second-order valence-corrected chi connectivity index (χ2v) is 7.90. The molecule has 1 N–H and O–H groups in total. The molecule has 0 unspecified atom stereocenters. The van der Waals surface area contributed by atoms with Gasteiger partial charge in [-0.15, -0.1) is 24.0 Å². The number of carbonyl (C=O) groups is 1. The van der Waals surface area contributed by atoms with E-state index < -0.39 is 0 Å². The number of hydrogen-bond donors (Lipinski definition) is 1. The van der Waals surface area contributed by atoms with Crippen molar-refractivity contribution in [3.63, 3.8) is 0 Å². The first-order chi connectivity index (χ1) is 12.4. The molecule has 0 aromatic carbocycles. The molecule has 8 heteroatoms. The van der Waals surface area contributed by atoms with Crippen molar-refractivity contribution in [1.29, 1.82) is 0 Å². The number of amides is 1. The van der Waals surface area contributed by atoms with Crippen molar-refractivity contribution in [1.82, 2.24) is 20.0 Å². The van der Waals surface area contributed by atoms with Gasteiger partial charge in [0.2, 0.25) is 5.91 Å². The minimum atomic E-state index is 0. The Bertz CT molecular complexity index is 484. The number of rotatable bonds is 5. The highest BCUT2D eigenvalue weighted by Gasteiger charge is 2.31. The fourth-order valence-electron chi connectivity index (χ4n) is 3.72. The Labute approximate surface area is 181 Å². The standard InChI is InChI=1S/C19H37N5O2.HI/c1-6-20-18(23-13-11-22(12-14-23)16(2)25)21-15-19(3,4)24-9-7-17(26-5)8-10-24;/h17H,6-15H2,1-5H3,(H,20,21);1H. The number of piperazine rings is 1. The number of aliphatic imine (C=N–C) groups is 1. The lowest BCUT2D eigenvalue weighted by atomic mass is 9.97. The first kappa shape index (κ1) is 24.4. The first-order valence-electron chi connectivity index (χ1n) is 9.94. The summed E-state index contributed by atoms with van der Waals surface area (Å²) in [6.07, 6.45) is 2.59. The molecule has 2 heterocycles. The highest BCUT2D eigenvalue weighted by molar-refractivity contribution is 14.0. The average Bonchev–Trinajstić information content (AvgIpc) is 2.65. The van der Waals surface area contributed by atoms with Crippen LogP contribution in [-0.2, 0) is 9.53 Å². The van der Waals surface area contributed by atoms with E-state index in [0.717, 1.165) is 71.2 Å². The van der Waals surface area contributed by atoms with Gasteiger partial charge >= 0.3 is 0 Å². The predicted octanol–water partition coefficient (Wildman–Crippen LogP) is 1.62. The molecule has 27 heavy (non-hydrogen) atoms. The maximum atomic E-state index is 11.5. The van der Waals surface area contributed by atoms with Crippen LogP contribution in [0.3, 0.4) is 0 Å². The molecule has 158 valence electrons. The van der Waals surface area contributed by atoms with E-state index in [2.05, 4.69) is 35.9 Å². The fraction of sp³-hybridized carbons (Fsp3) is 0.895. The third kappa shape index (κ3) is 7.05. The quantitative estimate of drug-likeness (QED) is 0.357. The van der Waals surface area contributed by atoms with E-state index in [4.69, 9.17) is 9.73 Å². The van der Waals surface area contributed by atoms with Gasteiger partial charge in [0.05, 0.1) is 12.6 Å². The molecule has 2 aliphatic heterocycles. The van der Waals surface area contributed by atoms with Crippen molar-refractivity contribution in [2.45, 2.75) is 52.2 Å². The lowest BCUT2D eigenvalue weighted by Gasteiger charge is -2.42. The number of carbonyl (C=O) groups excluding carboxylic acids is 1. The summed E-state index contributed by atoms with van der Waals surface area (Å²) in [5, 5.41) is 3.42. The average molecular weight is 495 g/mol. The molecule has 2 saturated heterocycles. The molecule has 0 saturated carbocycles. The molecule has 0 aromatic rings. The van der Waals surface area contributed by atoms with Gasteiger partial charge in [0.15, 0.2) is 5.96 Å². The molecule has 0 radical (unpaired) electrons. The molecule has 1 amide bonds. The van der Waals surface area contributed by atoms with Crippen LogP contribution in [0, 0.1) is 0 Å². The summed E-state index contributed by atoms with van der Waals surface area (Å²) < 4.78 is 5.49. The number of ether oxygens (including phenoxy) is 1. The van der Waals surface area contributed by atoms with Gasteiger partial charge < -0.3 is 19.9 Å². The van der Waals surface area contributed by atoms with E-state index in [0.29, 0.717) is 6.10 Å². The number of nitrogens with zero attached hydrogens (tertiary/aromatic N) is 4. The zero-order valence-corrected chi connectivity index (χ0v) is 20.0. The normalized spacial score (nSPS) is 20.4. The van der Waals surface area contributed by atoms with E-state index in [-0.39, 0.29) is 35.4 Å². The Balaban J connectivity index is 0.00000364. The molecule has 2 aliphatic rings. The predicted molar refractivity (Wildman–Crippen MR) is 121 cm³/mol. The number of likely N-dealkylation sites (tertiary alicyclic amines) is 1. The van der Waals surface area contributed by atoms with E-state index >= 15 is 0 Å².